The fourth-order valence-electron chi connectivity index (χ4n) is 2.06. The van der Waals surface area contributed by atoms with Crippen molar-refractivity contribution in [1.82, 2.24) is 14.7 Å². The zero-order chi connectivity index (χ0) is 17.0. The van der Waals surface area contributed by atoms with Crippen molar-refractivity contribution in [1.29, 1.82) is 0 Å². The number of nitrogens with zero attached hydrogens (tertiary/aromatic N) is 3. The molecule has 0 unspecified atom stereocenters. The molecule has 0 aliphatic heterocycles. The highest BCUT2D eigenvalue weighted by atomic mass is 19.4. The number of benzene rings is 1. The van der Waals surface area contributed by atoms with E-state index >= 15 is 0 Å². The van der Waals surface area contributed by atoms with Crippen LogP contribution >= 0.6 is 0 Å². The van der Waals surface area contributed by atoms with E-state index in [1.807, 2.05) is 6.07 Å². The highest BCUT2D eigenvalue weighted by molar-refractivity contribution is 5.95. The SMILES string of the molecule is CCN(CC(F)(F)F)C(=O)c1nn(-c2ccccc2)cc1OC. The number of alkyl halides is 3. The molecule has 0 atom stereocenters. The van der Waals surface area contributed by atoms with Crippen LogP contribution in [0.25, 0.3) is 5.69 Å². The lowest BCUT2D eigenvalue weighted by Gasteiger charge is -2.21. The van der Waals surface area contributed by atoms with Crippen molar-refractivity contribution in [2.45, 2.75) is 13.1 Å². The highest BCUT2D eigenvalue weighted by Crippen LogP contribution is 2.23. The zero-order valence-corrected chi connectivity index (χ0v) is 12.7. The molecule has 23 heavy (non-hydrogen) atoms. The summed E-state index contributed by atoms with van der Waals surface area (Å²) in [5.74, 6) is -0.698. The number of methoxy groups -OCH3 is 1. The third-order valence-corrected chi connectivity index (χ3v) is 3.16. The van der Waals surface area contributed by atoms with Crippen LogP contribution in [0.5, 0.6) is 5.75 Å². The van der Waals surface area contributed by atoms with Gasteiger partial charge in [0.1, 0.15) is 6.54 Å². The molecule has 124 valence electrons. The normalized spacial score (nSPS) is 11.3. The van der Waals surface area contributed by atoms with Crippen LogP contribution in [-0.4, -0.2) is 47.0 Å². The lowest BCUT2D eigenvalue weighted by molar-refractivity contribution is -0.140. The van der Waals surface area contributed by atoms with Gasteiger partial charge < -0.3 is 9.64 Å². The summed E-state index contributed by atoms with van der Waals surface area (Å²) in [4.78, 5) is 13.0. The van der Waals surface area contributed by atoms with Gasteiger partial charge in [0.15, 0.2) is 11.4 Å². The van der Waals surface area contributed by atoms with Gasteiger partial charge in [0, 0.05) is 6.54 Å². The number of ether oxygens (including phenoxy) is 1. The molecule has 2 rings (SSSR count). The van der Waals surface area contributed by atoms with E-state index in [4.69, 9.17) is 4.74 Å². The molecule has 0 saturated carbocycles. The Labute approximate surface area is 131 Å². The summed E-state index contributed by atoms with van der Waals surface area (Å²) >= 11 is 0. The van der Waals surface area contributed by atoms with Crippen LogP contribution in [0.3, 0.4) is 0 Å². The second-order valence-corrected chi connectivity index (χ2v) is 4.76. The maximum Gasteiger partial charge on any atom is 0.406 e. The minimum absolute atomic E-state index is 0.0836. The van der Waals surface area contributed by atoms with Gasteiger partial charge in [-0.3, -0.25) is 4.79 Å². The molecule has 0 bridgehead atoms. The quantitative estimate of drug-likeness (QED) is 0.848. The van der Waals surface area contributed by atoms with Crippen LogP contribution in [-0.2, 0) is 0 Å². The van der Waals surface area contributed by atoms with Gasteiger partial charge in [-0.15, -0.1) is 0 Å². The van der Waals surface area contributed by atoms with Crippen molar-refractivity contribution in [3.8, 4) is 11.4 Å². The second kappa shape index (κ2) is 6.72. The van der Waals surface area contributed by atoms with E-state index in [9.17, 15) is 18.0 Å². The van der Waals surface area contributed by atoms with Crippen molar-refractivity contribution >= 4 is 5.91 Å². The molecule has 0 saturated heterocycles. The fourth-order valence-corrected chi connectivity index (χ4v) is 2.06. The smallest absolute Gasteiger partial charge is 0.406 e. The first kappa shape index (κ1) is 16.9. The molecule has 8 heteroatoms. The van der Waals surface area contributed by atoms with Gasteiger partial charge in [-0.25, -0.2) is 4.68 Å². The largest absolute Gasteiger partial charge is 0.493 e. The van der Waals surface area contributed by atoms with Gasteiger partial charge in [0.05, 0.1) is 19.0 Å². The summed E-state index contributed by atoms with van der Waals surface area (Å²) in [5, 5.41) is 4.08. The first-order valence-corrected chi connectivity index (χ1v) is 6.90. The number of hydrogen-bond acceptors (Lipinski definition) is 3. The van der Waals surface area contributed by atoms with E-state index in [2.05, 4.69) is 5.10 Å². The van der Waals surface area contributed by atoms with Gasteiger partial charge >= 0.3 is 6.18 Å². The number of amides is 1. The monoisotopic (exact) mass is 327 g/mol. The molecule has 0 N–H and O–H groups in total. The van der Waals surface area contributed by atoms with Crippen LogP contribution < -0.4 is 4.74 Å². The van der Waals surface area contributed by atoms with E-state index < -0.39 is 18.6 Å². The van der Waals surface area contributed by atoms with Crippen LogP contribution in [0.15, 0.2) is 36.5 Å². The average molecular weight is 327 g/mol. The molecule has 0 aliphatic rings. The Morgan fingerprint density at radius 2 is 1.96 bits per heavy atom. The maximum atomic E-state index is 12.6. The number of carbonyl (C=O) groups is 1. The Morgan fingerprint density at radius 3 is 2.48 bits per heavy atom. The topological polar surface area (TPSA) is 47.4 Å². The molecular formula is C15H16F3N3O2. The van der Waals surface area contributed by atoms with Crippen molar-refractivity contribution in [3.63, 3.8) is 0 Å². The fraction of sp³-hybridized carbons (Fsp3) is 0.333. The van der Waals surface area contributed by atoms with Crippen LogP contribution in [0.2, 0.25) is 0 Å². The summed E-state index contributed by atoms with van der Waals surface area (Å²) in [6.45, 7) is 0.0632. The summed E-state index contributed by atoms with van der Waals surface area (Å²) < 4.78 is 44.2. The van der Waals surface area contributed by atoms with E-state index in [0.717, 1.165) is 0 Å². The highest BCUT2D eigenvalue weighted by Gasteiger charge is 2.34. The Bertz CT molecular complexity index is 668. The summed E-state index contributed by atoms with van der Waals surface area (Å²) in [6, 6.07) is 8.90. The minimum Gasteiger partial charge on any atom is -0.493 e. The molecule has 0 spiro atoms. The van der Waals surface area contributed by atoms with E-state index in [0.29, 0.717) is 10.6 Å². The molecular weight excluding hydrogens is 311 g/mol. The predicted octanol–water partition coefficient (Wildman–Crippen LogP) is 2.91. The van der Waals surface area contributed by atoms with Gasteiger partial charge in [0.2, 0.25) is 0 Å². The molecule has 1 aromatic carbocycles. The van der Waals surface area contributed by atoms with Gasteiger partial charge in [0.25, 0.3) is 5.91 Å². The van der Waals surface area contributed by atoms with E-state index in [-0.39, 0.29) is 18.0 Å². The van der Waals surface area contributed by atoms with Gasteiger partial charge in [-0.05, 0) is 19.1 Å². The number of aromatic nitrogens is 2. The van der Waals surface area contributed by atoms with Crippen molar-refractivity contribution in [2.75, 3.05) is 20.2 Å². The number of carbonyl (C=O) groups excluding carboxylic acids is 1. The lowest BCUT2D eigenvalue weighted by atomic mass is 10.3. The number of hydrogen-bond donors (Lipinski definition) is 0. The van der Waals surface area contributed by atoms with E-state index in [1.165, 1.54) is 24.9 Å². The summed E-state index contributed by atoms with van der Waals surface area (Å²) in [7, 11) is 1.34. The first-order valence-electron chi connectivity index (χ1n) is 6.90. The number of halogens is 3. The van der Waals surface area contributed by atoms with Gasteiger partial charge in [-0.2, -0.15) is 18.3 Å². The second-order valence-electron chi connectivity index (χ2n) is 4.76. The lowest BCUT2D eigenvalue weighted by Crippen LogP contribution is -2.39. The Balaban J connectivity index is 2.34. The zero-order valence-electron chi connectivity index (χ0n) is 12.7. The third-order valence-electron chi connectivity index (χ3n) is 3.16. The minimum atomic E-state index is -4.47. The molecule has 0 aliphatic carbocycles. The summed E-state index contributed by atoms with van der Waals surface area (Å²) in [6.07, 6.45) is -3.01. The molecule has 5 nitrogen and oxygen atoms in total. The molecule has 0 fully saturated rings. The first-order chi connectivity index (χ1) is 10.9. The maximum absolute atomic E-state index is 12.6. The number of rotatable bonds is 5. The Morgan fingerprint density at radius 1 is 1.30 bits per heavy atom. The number of para-hydroxylation sites is 1. The average Bonchev–Trinajstić information content (AvgIpc) is 2.96. The molecule has 0 radical (unpaired) electrons. The van der Waals surface area contributed by atoms with Crippen LogP contribution in [0.4, 0.5) is 13.2 Å². The van der Waals surface area contributed by atoms with E-state index in [1.54, 1.807) is 24.3 Å². The predicted molar refractivity (Wildman–Crippen MR) is 77.7 cm³/mol. The standard InChI is InChI=1S/C15H16F3N3O2/c1-3-20(10-15(16,17)18)14(22)13-12(23-2)9-21(19-13)11-7-5-4-6-8-11/h4-9H,3,10H2,1-2H3. The molecule has 2 aromatic rings. The molecule has 1 heterocycles. The van der Waals surface area contributed by atoms with Crippen molar-refractivity contribution in [2.24, 2.45) is 0 Å². The Kier molecular flexibility index (Phi) is 4.92. The van der Waals surface area contributed by atoms with Crippen LogP contribution in [0.1, 0.15) is 17.4 Å². The van der Waals surface area contributed by atoms with Crippen molar-refractivity contribution in [3.05, 3.63) is 42.2 Å². The molecule has 1 amide bonds. The van der Waals surface area contributed by atoms with Crippen molar-refractivity contribution < 1.29 is 22.7 Å². The van der Waals surface area contributed by atoms with Crippen LogP contribution in [0, 0.1) is 0 Å². The Hall–Kier alpha value is -2.51. The summed E-state index contributed by atoms with van der Waals surface area (Å²) in [5.41, 5.74) is 0.520. The molecule has 1 aromatic heterocycles. The van der Waals surface area contributed by atoms with Gasteiger partial charge in [-0.1, -0.05) is 18.2 Å². The third kappa shape index (κ3) is 4.02.